The van der Waals surface area contributed by atoms with E-state index < -0.39 is 11.9 Å². The highest BCUT2D eigenvalue weighted by Gasteiger charge is 2.36. The zero-order chi connectivity index (χ0) is 21.5. The topological polar surface area (TPSA) is 68.5 Å². The molecule has 0 fully saturated rings. The molecule has 0 aliphatic carbocycles. The molecule has 0 bridgehead atoms. The van der Waals surface area contributed by atoms with Crippen molar-refractivity contribution in [3.63, 3.8) is 0 Å². The first-order valence-corrected chi connectivity index (χ1v) is 10.2. The van der Waals surface area contributed by atoms with Crippen molar-refractivity contribution in [3.8, 4) is 5.75 Å². The fraction of sp³-hybridized carbons (Fsp3) is 0.120. The van der Waals surface area contributed by atoms with Crippen LogP contribution in [0, 0.1) is 6.92 Å². The van der Waals surface area contributed by atoms with Crippen LogP contribution in [-0.4, -0.2) is 5.91 Å². The van der Waals surface area contributed by atoms with Gasteiger partial charge in [0.25, 0.3) is 5.91 Å². The smallest absolute Gasteiger partial charge is 0.288 e. The second-order valence-corrected chi connectivity index (χ2v) is 7.93. The number of halogens is 1. The molecule has 6 heteroatoms. The highest BCUT2D eigenvalue weighted by Crippen LogP contribution is 2.33. The van der Waals surface area contributed by atoms with Gasteiger partial charge in [0.15, 0.2) is 5.43 Å². The lowest BCUT2D eigenvalue weighted by atomic mass is 9.99. The minimum atomic E-state index is -0.591. The van der Waals surface area contributed by atoms with E-state index in [0.29, 0.717) is 33.9 Å². The molecular weight excluding hydrogens is 414 g/mol. The summed E-state index contributed by atoms with van der Waals surface area (Å²) in [7, 11) is 0. The molecular formula is C25H18ClNO4. The number of fused-ring (bicyclic) bond motifs is 2. The van der Waals surface area contributed by atoms with E-state index in [9.17, 15) is 9.59 Å². The van der Waals surface area contributed by atoms with Crippen LogP contribution >= 0.6 is 11.6 Å². The molecule has 4 aromatic rings. The van der Waals surface area contributed by atoms with E-state index in [0.717, 1.165) is 16.7 Å². The summed E-state index contributed by atoms with van der Waals surface area (Å²) in [6, 6.07) is 19.9. The standard InChI is InChI=1S/C25H18ClNO4/c1-14-11-20-18(12-19(14)26)23(28)21-22(27-25(29)24(21)31-20)16-7-9-17(10-8-16)30-13-15-5-3-2-4-6-15/h2-12,22H,13H2,1H3,(H,27,29). The van der Waals surface area contributed by atoms with Gasteiger partial charge in [-0.25, -0.2) is 0 Å². The van der Waals surface area contributed by atoms with Crippen molar-refractivity contribution in [3.05, 3.63) is 110 Å². The minimum Gasteiger partial charge on any atom is -0.489 e. The van der Waals surface area contributed by atoms with Gasteiger partial charge in [0.1, 0.15) is 17.9 Å². The van der Waals surface area contributed by atoms with Crippen molar-refractivity contribution >= 4 is 28.5 Å². The molecule has 1 N–H and O–H groups in total. The average molecular weight is 432 g/mol. The minimum absolute atomic E-state index is 0.0497. The first-order valence-electron chi connectivity index (χ1n) is 9.85. The Morgan fingerprint density at radius 1 is 1.03 bits per heavy atom. The number of benzene rings is 3. The molecule has 0 saturated carbocycles. The summed E-state index contributed by atoms with van der Waals surface area (Å²) in [6.07, 6.45) is 0. The summed E-state index contributed by atoms with van der Waals surface area (Å²) < 4.78 is 11.6. The molecule has 5 rings (SSSR count). The maximum absolute atomic E-state index is 13.2. The van der Waals surface area contributed by atoms with Crippen molar-refractivity contribution in [1.29, 1.82) is 0 Å². The van der Waals surface area contributed by atoms with Crippen LogP contribution in [0.15, 0.2) is 75.9 Å². The number of aryl methyl sites for hydroxylation is 1. The Morgan fingerprint density at radius 2 is 1.77 bits per heavy atom. The molecule has 0 spiro atoms. The van der Waals surface area contributed by atoms with Crippen molar-refractivity contribution in [1.82, 2.24) is 5.32 Å². The number of carbonyl (C=O) groups excluding carboxylic acids is 1. The lowest BCUT2D eigenvalue weighted by Crippen LogP contribution is -2.21. The van der Waals surface area contributed by atoms with Gasteiger partial charge >= 0.3 is 0 Å². The summed E-state index contributed by atoms with van der Waals surface area (Å²) >= 11 is 6.21. The second-order valence-electron chi connectivity index (χ2n) is 7.52. The van der Waals surface area contributed by atoms with Gasteiger partial charge in [-0.15, -0.1) is 0 Å². The van der Waals surface area contributed by atoms with Gasteiger partial charge in [-0.3, -0.25) is 9.59 Å². The number of ether oxygens (including phenoxy) is 1. The molecule has 31 heavy (non-hydrogen) atoms. The third-order valence-electron chi connectivity index (χ3n) is 5.44. The van der Waals surface area contributed by atoms with Crippen LogP contribution in [0.25, 0.3) is 11.0 Å². The monoisotopic (exact) mass is 431 g/mol. The predicted molar refractivity (Wildman–Crippen MR) is 119 cm³/mol. The van der Waals surface area contributed by atoms with Crippen LogP contribution < -0.4 is 15.5 Å². The Kier molecular flexibility index (Phi) is 4.75. The van der Waals surface area contributed by atoms with Gasteiger partial charge in [-0.2, -0.15) is 0 Å². The molecule has 1 atom stereocenters. The highest BCUT2D eigenvalue weighted by atomic mass is 35.5. The van der Waals surface area contributed by atoms with E-state index in [-0.39, 0.29) is 11.2 Å². The van der Waals surface area contributed by atoms with E-state index >= 15 is 0 Å². The summed E-state index contributed by atoms with van der Waals surface area (Å²) in [6.45, 7) is 2.28. The molecule has 0 saturated heterocycles. The Bertz CT molecular complexity index is 1360. The third-order valence-corrected chi connectivity index (χ3v) is 5.85. The number of rotatable bonds is 4. The molecule has 3 aromatic carbocycles. The van der Waals surface area contributed by atoms with Gasteiger partial charge in [0.2, 0.25) is 5.76 Å². The van der Waals surface area contributed by atoms with Gasteiger partial charge in [-0.05, 0) is 47.9 Å². The number of hydrogen-bond donors (Lipinski definition) is 1. The fourth-order valence-electron chi connectivity index (χ4n) is 3.78. The molecule has 1 aliphatic rings. The van der Waals surface area contributed by atoms with Crippen molar-refractivity contribution in [2.24, 2.45) is 0 Å². The molecule has 0 radical (unpaired) electrons. The normalized spacial score (nSPS) is 15.0. The lowest BCUT2D eigenvalue weighted by molar-refractivity contribution is 0.0938. The largest absolute Gasteiger partial charge is 0.489 e. The van der Waals surface area contributed by atoms with E-state index in [1.807, 2.05) is 61.5 Å². The van der Waals surface area contributed by atoms with Crippen LogP contribution in [0.3, 0.4) is 0 Å². The zero-order valence-electron chi connectivity index (χ0n) is 16.6. The number of amides is 1. The Morgan fingerprint density at radius 3 is 2.52 bits per heavy atom. The Hall–Kier alpha value is -3.57. The van der Waals surface area contributed by atoms with E-state index in [1.54, 1.807) is 12.1 Å². The van der Waals surface area contributed by atoms with Crippen molar-refractivity contribution < 1.29 is 13.9 Å². The molecule has 154 valence electrons. The van der Waals surface area contributed by atoms with E-state index in [2.05, 4.69) is 5.32 Å². The first-order chi connectivity index (χ1) is 15.0. The van der Waals surface area contributed by atoms with Gasteiger partial charge in [-0.1, -0.05) is 54.1 Å². The lowest BCUT2D eigenvalue weighted by Gasteiger charge is -2.13. The summed E-state index contributed by atoms with van der Waals surface area (Å²) in [4.78, 5) is 25.7. The quantitative estimate of drug-likeness (QED) is 0.484. The summed E-state index contributed by atoms with van der Waals surface area (Å²) in [5, 5.41) is 3.69. The van der Waals surface area contributed by atoms with E-state index in [4.69, 9.17) is 20.8 Å². The number of hydrogen-bond acceptors (Lipinski definition) is 4. The van der Waals surface area contributed by atoms with Crippen molar-refractivity contribution in [2.45, 2.75) is 19.6 Å². The van der Waals surface area contributed by atoms with Crippen LogP contribution in [-0.2, 0) is 6.61 Å². The molecule has 2 heterocycles. The van der Waals surface area contributed by atoms with Crippen molar-refractivity contribution in [2.75, 3.05) is 0 Å². The van der Waals surface area contributed by atoms with Gasteiger partial charge in [0.05, 0.1) is 17.0 Å². The Labute approximate surface area is 183 Å². The Balaban J connectivity index is 1.47. The second kappa shape index (κ2) is 7.60. The van der Waals surface area contributed by atoms with Gasteiger partial charge < -0.3 is 14.5 Å². The zero-order valence-corrected chi connectivity index (χ0v) is 17.4. The third kappa shape index (κ3) is 3.47. The van der Waals surface area contributed by atoms with Crippen LogP contribution in [0.1, 0.15) is 38.9 Å². The molecule has 1 amide bonds. The molecule has 1 unspecified atom stereocenters. The predicted octanol–water partition coefficient (Wildman–Crippen LogP) is 5.17. The van der Waals surface area contributed by atoms with Gasteiger partial charge in [0, 0.05) is 5.02 Å². The fourth-order valence-corrected chi connectivity index (χ4v) is 3.94. The summed E-state index contributed by atoms with van der Waals surface area (Å²) in [5.41, 5.74) is 3.01. The first kappa shape index (κ1) is 19.4. The highest BCUT2D eigenvalue weighted by molar-refractivity contribution is 6.32. The average Bonchev–Trinajstić information content (AvgIpc) is 3.11. The number of carbonyl (C=O) groups is 1. The SMILES string of the molecule is Cc1cc2oc3c(c(=O)c2cc1Cl)C(c1ccc(OCc2ccccc2)cc1)NC3=O. The number of nitrogens with one attached hydrogen (secondary N) is 1. The maximum atomic E-state index is 13.2. The molecule has 1 aromatic heterocycles. The maximum Gasteiger partial charge on any atom is 0.288 e. The molecule has 1 aliphatic heterocycles. The van der Waals surface area contributed by atoms with Crippen LogP contribution in [0.4, 0.5) is 0 Å². The van der Waals surface area contributed by atoms with E-state index in [1.165, 1.54) is 0 Å². The van der Waals surface area contributed by atoms with Crippen LogP contribution in [0.2, 0.25) is 5.02 Å². The summed E-state index contributed by atoms with van der Waals surface area (Å²) in [5.74, 6) is 0.342. The van der Waals surface area contributed by atoms with Crippen LogP contribution in [0.5, 0.6) is 5.75 Å². The molecule has 5 nitrogen and oxygen atoms in total.